The standard InChI is InChI=1S/C20H37NO4Si.C14H23NO4/c1-12-15(14(4)25-26(10,11)19(5,6)7)17(22)21-16(13(2)3)20(8,9)24-18(21)23;1-7-10(9(4)16)12(17)15-11(8(2)3)14(5,6)19-13(15)18/h12-16H,1H2,2-11H3;7-11,16H,1H2,2-6H3/t14-,15-,16-;9-,10-,11-/m11/s1. The first-order valence-corrected chi connectivity index (χ1v) is 18.8. The Labute approximate surface area is 272 Å². The van der Waals surface area contributed by atoms with Crippen LogP contribution in [0.15, 0.2) is 25.3 Å². The zero-order chi connectivity index (χ0) is 35.6. The van der Waals surface area contributed by atoms with Crippen molar-refractivity contribution in [3.05, 3.63) is 25.3 Å². The van der Waals surface area contributed by atoms with Gasteiger partial charge in [-0.3, -0.25) is 9.59 Å². The summed E-state index contributed by atoms with van der Waals surface area (Å²) >= 11 is 0. The number of carbonyl (C=O) groups is 4. The highest BCUT2D eigenvalue weighted by atomic mass is 28.4. The number of imide groups is 2. The number of aliphatic hydroxyl groups excluding tert-OH is 1. The van der Waals surface area contributed by atoms with Crippen LogP contribution in [0.4, 0.5) is 9.59 Å². The Bertz CT molecular complexity index is 1120. The van der Waals surface area contributed by atoms with Crippen LogP contribution in [0.25, 0.3) is 0 Å². The lowest BCUT2D eigenvalue weighted by molar-refractivity contribution is -0.136. The number of carbonyl (C=O) groups excluding carboxylic acids is 4. The van der Waals surface area contributed by atoms with E-state index in [9.17, 15) is 24.3 Å². The number of nitrogens with zero attached hydrogens (tertiary/aromatic N) is 2. The van der Waals surface area contributed by atoms with Gasteiger partial charge in [0.1, 0.15) is 11.2 Å². The molecule has 6 atom stereocenters. The molecule has 1 N–H and O–H groups in total. The zero-order valence-electron chi connectivity index (χ0n) is 30.4. The van der Waals surface area contributed by atoms with Crippen molar-refractivity contribution in [3.63, 3.8) is 0 Å². The van der Waals surface area contributed by atoms with E-state index in [0.29, 0.717) is 0 Å². The van der Waals surface area contributed by atoms with Crippen LogP contribution in [0, 0.1) is 23.7 Å². The van der Waals surface area contributed by atoms with Crippen LogP contribution in [0.2, 0.25) is 18.1 Å². The zero-order valence-corrected chi connectivity index (χ0v) is 31.4. The topological polar surface area (TPSA) is 123 Å². The minimum atomic E-state index is -2.05. The van der Waals surface area contributed by atoms with Crippen molar-refractivity contribution >= 4 is 32.3 Å². The van der Waals surface area contributed by atoms with Crippen molar-refractivity contribution in [2.45, 2.75) is 144 Å². The Morgan fingerprint density at radius 3 is 1.42 bits per heavy atom. The molecule has 0 aliphatic carbocycles. The lowest BCUT2D eigenvalue weighted by atomic mass is 9.88. The number of amides is 4. The third-order valence-corrected chi connectivity index (χ3v) is 13.8. The van der Waals surface area contributed by atoms with Gasteiger partial charge in [0.25, 0.3) is 0 Å². The third-order valence-electron chi connectivity index (χ3n) is 9.20. The van der Waals surface area contributed by atoms with Gasteiger partial charge in [0.15, 0.2) is 8.32 Å². The summed E-state index contributed by atoms with van der Waals surface area (Å²) in [5.41, 5.74) is -1.44. The Morgan fingerprint density at radius 1 is 0.822 bits per heavy atom. The van der Waals surface area contributed by atoms with Crippen molar-refractivity contribution in [2.24, 2.45) is 23.7 Å². The van der Waals surface area contributed by atoms with Crippen LogP contribution in [0.1, 0.15) is 90.0 Å². The normalized spacial score (nSPS) is 23.9. The van der Waals surface area contributed by atoms with E-state index in [4.69, 9.17) is 13.9 Å². The highest BCUT2D eigenvalue weighted by Crippen LogP contribution is 2.40. The quantitative estimate of drug-likeness (QED) is 0.199. The van der Waals surface area contributed by atoms with Gasteiger partial charge in [0, 0.05) is 0 Å². The summed E-state index contributed by atoms with van der Waals surface area (Å²) < 4.78 is 17.2. The highest BCUT2D eigenvalue weighted by molar-refractivity contribution is 6.74. The summed E-state index contributed by atoms with van der Waals surface area (Å²) in [6.45, 7) is 36.7. The number of rotatable bonds is 10. The van der Waals surface area contributed by atoms with Gasteiger partial charge < -0.3 is 19.0 Å². The second kappa shape index (κ2) is 14.5. The maximum Gasteiger partial charge on any atom is 0.417 e. The molecule has 0 unspecified atom stereocenters. The van der Waals surface area contributed by atoms with Crippen molar-refractivity contribution in [1.29, 1.82) is 0 Å². The van der Waals surface area contributed by atoms with Crippen molar-refractivity contribution < 1.29 is 38.2 Å². The van der Waals surface area contributed by atoms with Gasteiger partial charge in [-0.1, -0.05) is 60.6 Å². The van der Waals surface area contributed by atoms with Crippen molar-refractivity contribution in [1.82, 2.24) is 9.80 Å². The van der Waals surface area contributed by atoms with E-state index in [0.717, 1.165) is 4.90 Å². The van der Waals surface area contributed by atoms with Gasteiger partial charge in [-0.2, -0.15) is 0 Å². The lowest BCUT2D eigenvalue weighted by Crippen LogP contribution is -2.52. The first-order valence-electron chi connectivity index (χ1n) is 15.9. The fourth-order valence-corrected chi connectivity index (χ4v) is 7.64. The second-order valence-electron chi connectivity index (χ2n) is 15.6. The number of ether oxygens (including phenoxy) is 2. The van der Waals surface area contributed by atoms with E-state index in [-0.39, 0.29) is 41.0 Å². The van der Waals surface area contributed by atoms with E-state index in [1.807, 2.05) is 48.5 Å². The molecule has 2 fully saturated rings. The molecule has 0 saturated carbocycles. The summed E-state index contributed by atoms with van der Waals surface area (Å²) in [6, 6.07) is -0.668. The minimum Gasteiger partial charge on any atom is -0.441 e. The van der Waals surface area contributed by atoms with Crippen LogP contribution < -0.4 is 0 Å². The first kappa shape index (κ1) is 40.5. The molecule has 2 heterocycles. The van der Waals surface area contributed by atoms with E-state index in [2.05, 4.69) is 47.0 Å². The van der Waals surface area contributed by atoms with E-state index < -0.39 is 55.6 Å². The number of hydrogen-bond acceptors (Lipinski definition) is 8. The van der Waals surface area contributed by atoms with Crippen molar-refractivity contribution in [2.75, 3.05) is 0 Å². The summed E-state index contributed by atoms with van der Waals surface area (Å²) in [5.74, 6) is -2.00. The second-order valence-corrected chi connectivity index (χ2v) is 20.3. The number of hydrogen-bond donors (Lipinski definition) is 1. The Morgan fingerprint density at radius 2 is 1.16 bits per heavy atom. The van der Waals surface area contributed by atoms with Gasteiger partial charge in [-0.05, 0) is 71.5 Å². The molecule has 0 aromatic carbocycles. The van der Waals surface area contributed by atoms with E-state index in [1.165, 1.54) is 17.9 Å². The number of cyclic esters (lactones) is 2. The summed E-state index contributed by atoms with van der Waals surface area (Å²) in [6.07, 6.45) is 0.477. The van der Waals surface area contributed by atoms with Crippen LogP contribution >= 0.6 is 0 Å². The maximum absolute atomic E-state index is 13.3. The molecule has 0 aromatic rings. The minimum absolute atomic E-state index is 0.0328. The van der Waals surface area contributed by atoms with Crippen LogP contribution in [0.5, 0.6) is 0 Å². The molecule has 2 saturated heterocycles. The molecule has 0 radical (unpaired) electrons. The summed E-state index contributed by atoms with van der Waals surface area (Å²) in [4.78, 5) is 52.5. The molecule has 11 heteroatoms. The smallest absolute Gasteiger partial charge is 0.417 e. The average molecular weight is 653 g/mol. The average Bonchev–Trinajstić information content (AvgIpc) is 3.24. The van der Waals surface area contributed by atoms with Gasteiger partial charge >= 0.3 is 12.2 Å². The van der Waals surface area contributed by atoms with Crippen LogP contribution in [0.3, 0.4) is 0 Å². The van der Waals surface area contributed by atoms with Crippen LogP contribution in [-0.4, -0.2) is 82.7 Å². The largest absolute Gasteiger partial charge is 0.441 e. The third kappa shape index (κ3) is 8.86. The molecule has 4 amide bonds. The predicted octanol–water partition coefficient (Wildman–Crippen LogP) is 6.93. The lowest BCUT2D eigenvalue weighted by Gasteiger charge is -2.40. The molecule has 2 aliphatic rings. The molecule has 0 aromatic heterocycles. The predicted molar refractivity (Wildman–Crippen MR) is 179 cm³/mol. The molecule has 10 nitrogen and oxygen atoms in total. The molecule has 0 bridgehead atoms. The van der Waals surface area contributed by atoms with E-state index >= 15 is 0 Å². The Hall–Kier alpha value is -2.50. The fourth-order valence-electron chi connectivity index (χ4n) is 6.21. The molecule has 45 heavy (non-hydrogen) atoms. The highest BCUT2D eigenvalue weighted by Gasteiger charge is 2.54. The molecular formula is C34H60N2O8Si. The van der Waals surface area contributed by atoms with Crippen molar-refractivity contribution in [3.8, 4) is 0 Å². The van der Waals surface area contributed by atoms with E-state index in [1.54, 1.807) is 19.9 Å². The first-order chi connectivity index (χ1) is 20.2. The van der Waals surface area contributed by atoms with Gasteiger partial charge in [-0.15, -0.1) is 13.2 Å². The molecule has 2 aliphatic heterocycles. The summed E-state index contributed by atoms with van der Waals surface area (Å²) in [5, 5.41) is 9.65. The van der Waals surface area contributed by atoms with Gasteiger partial charge in [0.05, 0.1) is 36.1 Å². The molecular weight excluding hydrogens is 592 g/mol. The summed E-state index contributed by atoms with van der Waals surface area (Å²) in [7, 11) is -2.05. The Balaban J connectivity index is 0.000000472. The monoisotopic (exact) mass is 652 g/mol. The molecule has 0 spiro atoms. The maximum atomic E-state index is 13.3. The molecule has 2 rings (SSSR count). The SMILES string of the molecule is C=C[C@@H](C(=O)N1C(=O)OC(C)(C)[C@H]1C(C)C)[C@@H](C)O.C=C[C@@H](C(=O)N1C(=O)OC(C)(C)[C@H]1C(C)C)[C@@H](C)O[Si](C)(C)C(C)(C)C. The van der Waals surface area contributed by atoms with Gasteiger partial charge in [0.2, 0.25) is 11.8 Å². The fraction of sp³-hybridized carbons (Fsp3) is 0.765. The van der Waals surface area contributed by atoms with Gasteiger partial charge in [-0.25, -0.2) is 19.4 Å². The Kier molecular flexibility index (Phi) is 13.1. The molecule has 258 valence electrons. The number of aliphatic hydroxyl groups is 1. The van der Waals surface area contributed by atoms with Crippen LogP contribution in [-0.2, 0) is 23.5 Å².